The fourth-order valence-electron chi connectivity index (χ4n) is 5.98. The van der Waals surface area contributed by atoms with E-state index in [1.807, 2.05) is 0 Å². The molecule has 0 saturated heterocycles. The van der Waals surface area contributed by atoms with E-state index in [9.17, 15) is 43.9 Å². The summed E-state index contributed by atoms with van der Waals surface area (Å²) in [6, 6.07) is 3.94. The van der Waals surface area contributed by atoms with E-state index in [2.05, 4.69) is 20.3 Å². The van der Waals surface area contributed by atoms with E-state index in [1.165, 1.54) is 42.2 Å². The molecule has 4 aromatic rings. The van der Waals surface area contributed by atoms with Crippen LogP contribution >= 0.6 is 11.3 Å². The Bertz CT molecular complexity index is 1950. The zero-order chi connectivity index (χ0) is 33.2. The van der Waals surface area contributed by atoms with Gasteiger partial charge in [0.2, 0.25) is 10.8 Å². The highest BCUT2D eigenvalue weighted by molar-refractivity contribution is 7.89. The number of rotatable bonds is 7. The molecule has 0 aliphatic heterocycles. The van der Waals surface area contributed by atoms with Gasteiger partial charge >= 0.3 is 12.4 Å². The second kappa shape index (κ2) is 11.1. The van der Waals surface area contributed by atoms with Gasteiger partial charge in [0.15, 0.2) is 10.7 Å². The summed E-state index contributed by atoms with van der Waals surface area (Å²) in [6.45, 7) is -1.90. The number of halogens is 7. The maximum atomic E-state index is 14.3. The van der Waals surface area contributed by atoms with Crippen LogP contribution in [0.2, 0.25) is 0 Å². The molecule has 2 aliphatic rings. The summed E-state index contributed by atoms with van der Waals surface area (Å²) in [5, 5.41) is 11.1. The number of aromatic nitrogens is 6. The molecule has 1 saturated carbocycles. The van der Waals surface area contributed by atoms with Crippen molar-refractivity contribution in [1.82, 2.24) is 34.1 Å². The number of hydrogen-bond donors (Lipinski definition) is 0. The van der Waals surface area contributed by atoms with Crippen LogP contribution in [0, 0.1) is 11.2 Å². The largest absolute Gasteiger partial charge is 0.434 e. The third kappa shape index (κ3) is 5.74. The predicted octanol–water partition coefficient (Wildman–Crippen LogP) is 5.23. The van der Waals surface area contributed by atoms with Crippen LogP contribution in [-0.4, -0.2) is 67.0 Å². The van der Waals surface area contributed by atoms with Crippen LogP contribution < -0.4 is 0 Å². The van der Waals surface area contributed by atoms with Gasteiger partial charge in [0.05, 0.1) is 29.2 Å². The SMILES string of the molecule is Cn1ncc(S(=O)(=O)N(CC(F)(F)F)[C@H]2CCC3=Cc4c(cnn4-c4ccc(F)cc4)C[C@]3(C(=O)c3nc(C(F)(F)F)cs3)C2)n1. The van der Waals surface area contributed by atoms with E-state index < -0.39 is 74.1 Å². The lowest BCUT2D eigenvalue weighted by Crippen LogP contribution is -2.52. The number of ketones is 1. The minimum Gasteiger partial charge on any atom is -0.290 e. The van der Waals surface area contributed by atoms with Gasteiger partial charge in [-0.1, -0.05) is 5.57 Å². The quantitative estimate of drug-likeness (QED) is 0.193. The summed E-state index contributed by atoms with van der Waals surface area (Å²) in [7, 11) is -3.61. The van der Waals surface area contributed by atoms with Crippen LogP contribution in [0.15, 0.2) is 52.6 Å². The van der Waals surface area contributed by atoms with Gasteiger partial charge < -0.3 is 0 Å². The molecular formula is C27H22F7N7O3S2. The molecule has 0 amide bonds. The van der Waals surface area contributed by atoms with Crippen LogP contribution in [-0.2, 0) is 29.7 Å². The number of hydrogen-bond acceptors (Lipinski definition) is 8. The number of allylic oxidation sites excluding steroid dienone is 1. The van der Waals surface area contributed by atoms with Crippen molar-refractivity contribution in [1.29, 1.82) is 0 Å². The molecule has 46 heavy (non-hydrogen) atoms. The van der Waals surface area contributed by atoms with Gasteiger partial charge in [0.25, 0.3) is 10.0 Å². The van der Waals surface area contributed by atoms with Gasteiger partial charge in [-0.2, -0.15) is 45.6 Å². The van der Waals surface area contributed by atoms with Gasteiger partial charge in [-0.25, -0.2) is 22.5 Å². The lowest BCUT2D eigenvalue weighted by molar-refractivity contribution is -0.141. The zero-order valence-electron chi connectivity index (χ0n) is 23.5. The van der Waals surface area contributed by atoms with E-state index in [0.29, 0.717) is 39.2 Å². The fourth-order valence-corrected chi connectivity index (χ4v) is 8.38. The van der Waals surface area contributed by atoms with Crippen molar-refractivity contribution in [3.05, 3.63) is 75.4 Å². The molecule has 1 fully saturated rings. The molecule has 19 heteroatoms. The van der Waals surface area contributed by atoms with E-state index >= 15 is 0 Å². The van der Waals surface area contributed by atoms with Crippen LogP contribution in [0.4, 0.5) is 30.7 Å². The van der Waals surface area contributed by atoms with E-state index in [0.717, 1.165) is 11.0 Å². The van der Waals surface area contributed by atoms with Crippen molar-refractivity contribution in [2.75, 3.05) is 6.54 Å². The van der Waals surface area contributed by atoms with Gasteiger partial charge in [-0.05, 0) is 61.6 Å². The van der Waals surface area contributed by atoms with E-state index in [1.54, 1.807) is 6.08 Å². The molecule has 2 atom stereocenters. The summed E-state index contributed by atoms with van der Waals surface area (Å²) in [5.74, 6) is -1.37. The monoisotopic (exact) mass is 689 g/mol. The Kier molecular flexibility index (Phi) is 7.71. The smallest absolute Gasteiger partial charge is 0.290 e. The van der Waals surface area contributed by atoms with Crippen molar-refractivity contribution in [2.45, 2.75) is 49.1 Å². The maximum absolute atomic E-state index is 14.3. The highest BCUT2D eigenvalue weighted by atomic mass is 32.2. The van der Waals surface area contributed by atoms with Crippen LogP contribution in [0.3, 0.4) is 0 Å². The van der Waals surface area contributed by atoms with Gasteiger partial charge in [-0.3, -0.25) is 4.79 Å². The molecule has 0 radical (unpaired) electrons. The molecule has 0 unspecified atom stereocenters. The molecule has 3 aromatic heterocycles. The minimum atomic E-state index is -4.99. The third-order valence-electron chi connectivity index (χ3n) is 8.02. The number of thiazole rings is 1. The van der Waals surface area contributed by atoms with Crippen LogP contribution in [0.1, 0.15) is 46.0 Å². The third-order valence-corrected chi connectivity index (χ3v) is 10.6. The minimum absolute atomic E-state index is 0.0771. The molecule has 6 rings (SSSR count). The first kappa shape index (κ1) is 32.0. The number of alkyl halides is 6. The Morgan fingerprint density at radius 1 is 1.11 bits per heavy atom. The predicted molar refractivity (Wildman–Crippen MR) is 148 cm³/mol. The number of nitrogens with zero attached hydrogens (tertiary/aromatic N) is 7. The second-order valence-electron chi connectivity index (χ2n) is 11.0. The van der Waals surface area contributed by atoms with E-state index in [-0.39, 0.29) is 23.6 Å². The summed E-state index contributed by atoms with van der Waals surface area (Å²) in [5.41, 5.74) is -1.31. The Balaban J connectivity index is 1.46. The lowest BCUT2D eigenvalue weighted by atomic mass is 9.61. The second-order valence-corrected chi connectivity index (χ2v) is 13.7. The summed E-state index contributed by atoms with van der Waals surface area (Å²) < 4.78 is 124. The molecular weight excluding hydrogens is 667 g/mol. The van der Waals surface area contributed by atoms with Crippen LogP contribution in [0.5, 0.6) is 0 Å². The van der Waals surface area contributed by atoms with Gasteiger partial charge in [0.1, 0.15) is 12.4 Å². The Labute approximate surface area is 260 Å². The standard InChI is InChI=1S/C27H22F7N7O3S2/c1-39-35-12-22(38-39)46(43,44)40(14-26(29,30)31)19-5-2-16-8-20-15(11-36-41(20)18-6-3-17(28)4-7-18)9-25(16,10-19)23(42)24-37-21(13-45-24)27(32,33)34/h3-4,6-8,11-13,19H,2,5,9-10,14H2,1H3/t19-,25-/m0/s1. The highest BCUT2D eigenvalue weighted by Gasteiger charge is 2.54. The molecule has 244 valence electrons. The normalized spacial score (nSPS) is 20.4. The first-order valence-electron chi connectivity index (χ1n) is 13.5. The average molecular weight is 690 g/mol. The summed E-state index contributed by atoms with van der Waals surface area (Å²) in [4.78, 5) is 18.6. The van der Waals surface area contributed by atoms with Gasteiger partial charge in [0, 0.05) is 18.5 Å². The first-order valence-corrected chi connectivity index (χ1v) is 15.9. The molecule has 2 aliphatic carbocycles. The van der Waals surface area contributed by atoms with Crippen molar-refractivity contribution >= 4 is 33.2 Å². The highest BCUT2D eigenvalue weighted by Crippen LogP contribution is 2.52. The maximum Gasteiger partial charge on any atom is 0.434 e. The van der Waals surface area contributed by atoms with Crippen molar-refractivity contribution < 1.29 is 43.9 Å². The van der Waals surface area contributed by atoms with Crippen molar-refractivity contribution in [2.24, 2.45) is 12.5 Å². The number of Topliss-reactive ketones (excluding diaryl/α,β-unsaturated/α-hetero) is 1. The number of fused-ring (bicyclic) bond motifs is 2. The fraction of sp³-hybridized carbons (Fsp3) is 0.370. The number of benzene rings is 1. The van der Waals surface area contributed by atoms with Gasteiger partial charge in [-0.15, -0.1) is 16.4 Å². The summed E-state index contributed by atoms with van der Waals surface area (Å²) >= 11 is 0.441. The number of aryl methyl sites for hydroxylation is 1. The zero-order valence-corrected chi connectivity index (χ0v) is 25.2. The molecule has 3 heterocycles. The molecule has 1 aromatic carbocycles. The topological polar surface area (TPSA) is 116 Å². The molecule has 0 bridgehead atoms. The molecule has 10 nitrogen and oxygen atoms in total. The number of carbonyl (C=O) groups excluding carboxylic acids is 1. The summed E-state index contributed by atoms with van der Waals surface area (Å²) in [6.07, 6.45) is -6.98. The number of sulfonamides is 1. The molecule has 0 spiro atoms. The van der Waals surface area contributed by atoms with Crippen molar-refractivity contribution in [3.63, 3.8) is 0 Å². The Morgan fingerprint density at radius 3 is 2.43 bits per heavy atom. The average Bonchev–Trinajstić information content (AvgIpc) is 3.74. The number of carbonyl (C=O) groups is 1. The first-order chi connectivity index (χ1) is 21.5. The Morgan fingerprint density at radius 2 is 1.83 bits per heavy atom. The van der Waals surface area contributed by atoms with Crippen molar-refractivity contribution in [3.8, 4) is 5.69 Å². The Hall–Kier alpha value is -3.97. The molecule has 0 N–H and O–H groups in total. The van der Waals surface area contributed by atoms with E-state index in [4.69, 9.17) is 0 Å². The van der Waals surface area contributed by atoms with Crippen LogP contribution in [0.25, 0.3) is 11.8 Å². The lowest BCUT2D eigenvalue weighted by Gasteiger charge is -2.46.